The molecule has 2 atom stereocenters. The number of carboxylic acid groups (broad SMARTS) is 1. The van der Waals surface area contributed by atoms with Gasteiger partial charge in [0.1, 0.15) is 0 Å². The molecule has 1 aliphatic rings. The smallest absolute Gasteiger partial charge is 0.317 e. The molecule has 24 heavy (non-hydrogen) atoms. The van der Waals surface area contributed by atoms with Gasteiger partial charge in [0.15, 0.2) is 0 Å². The molecule has 6 nitrogen and oxygen atoms in total. The number of nitrogens with zero attached hydrogens (tertiary/aromatic N) is 2. The van der Waals surface area contributed by atoms with Crippen molar-refractivity contribution in [1.82, 2.24) is 15.1 Å². The van der Waals surface area contributed by atoms with Crippen molar-refractivity contribution in [3.05, 3.63) is 25.3 Å². The van der Waals surface area contributed by atoms with Crippen LogP contribution in [0.15, 0.2) is 25.3 Å². The van der Waals surface area contributed by atoms with E-state index < -0.39 is 11.9 Å². The van der Waals surface area contributed by atoms with E-state index in [2.05, 4.69) is 37.2 Å². The molecule has 0 saturated carbocycles. The fraction of sp³-hybridized carbons (Fsp3) is 0.667. The minimum Gasteiger partial charge on any atom is -0.481 e. The molecule has 1 fully saturated rings. The van der Waals surface area contributed by atoms with Crippen molar-refractivity contribution >= 4 is 12.0 Å². The van der Waals surface area contributed by atoms with Crippen molar-refractivity contribution in [1.29, 1.82) is 0 Å². The number of nitrogens with one attached hydrogen (secondary N) is 1. The van der Waals surface area contributed by atoms with Gasteiger partial charge in [0.2, 0.25) is 0 Å². The van der Waals surface area contributed by atoms with Gasteiger partial charge in [-0.3, -0.25) is 9.69 Å². The van der Waals surface area contributed by atoms with Gasteiger partial charge in [-0.1, -0.05) is 26.0 Å². The van der Waals surface area contributed by atoms with Crippen LogP contribution < -0.4 is 5.32 Å². The summed E-state index contributed by atoms with van der Waals surface area (Å²) in [7, 11) is 0. The lowest BCUT2D eigenvalue weighted by molar-refractivity contribution is -0.143. The molecule has 0 aromatic rings. The number of piperidine rings is 1. The first kappa shape index (κ1) is 20.2. The van der Waals surface area contributed by atoms with Crippen molar-refractivity contribution in [3.8, 4) is 0 Å². The highest BCUT2D eigenvalue weighted by Gasteiger charge is 2.29. The largest absolute Gasteiger partial charge is 0.481 e. The molecule has 0 aromatic heterocycles. The number of hydrogen-bond acceptors (Lipinski definition) is 3. The van der Waals surface area contributed by atoms with Crippen LogP contribution in [0.2, 0.25) is 0 Å². The highest BCUT2D eigenvalue weighted by atomic mass is 16.4. The Morgan fingerprint density at radius 1 is 1.33 bits per heavy atom. The minimum atomic E-state index is -0.823. The Bertz CT molecular complexity index is 441. The molecular formula is C18H31N3O3. The van der Waals surface area contributed by atoms with Crippen LogP contribution in [0.5, 0.6) is 0 Å². The summed E-state index contributed by atoms with van der Waals surface area (Å²) in [5, 5.41) is 12.1. The molecule has 0 aromatic carbocycles. The van der Waals surface area contributed by atoms with Crippen LogP contribution in [0.4, 0.5) is 4.79 Å². The van der Waals surface area contributed by atoms with Crippen molar-refractivity contribution in [2.75, 3.05) is 32.7 Å². The van der Waals surface area contributed by atoms with Crippen molar-refractivity contribution < 1.29 is 14.7 Å². The number of urea groups is 1. The monoisotopic (exact) mass is 337 g/mol. The van der Waals surface area contributed by atoms with Gasteiger partial charge in [-0.15, -0.1) is 13.2 Å². The lowest BCUT2D eigenvalue weighted by atomic mass is 9.98. The fourth-order valence-electron chi connectivity index (χ4n) is 3.13. The van der Waals surface area contributed by atoms with Crippen LogP contribution in [0.1, 0.15) is 26.7 Å². The third-order valence-electron chi connectivity index (χ3n) is 4.49. The molecule has 136 valence electrons. The van der Waals surface area contributed by atoms with Crippen LogP contribution in [-0.4, -0.2) is 65.7 Å². The minimum absolute atomic E-state index is 0.171. The second-order valence-corrected chi connectivity index (χ2v) is 6.65. The predicted octanol–water partition coefficient (Wildman–Crippen LogP) is 2.19. The third kappa shape index (κ3) is 6.00. The maximum absolute atomic E-state index is 12.4. The third-order valence-corrected chi connectivity index (χ3v) is 4.49. The summed E-state index contributed by atoms with van der Waals surface area (Å²) in [6.45, 7) is 14.7. The Balaban J connectivity index is 2.62. The van der Waals surface area contributed by atoms with Gasteiger partial charge in [0.05, 0.1) is 5.92 Å². The van der Waals surface area contributed by atoms with Crippen molar-refractivity contribution in [3.63, 3.8) is 0 Å². The zero-order valence-corrected chi connectivity index (χ0v) is 14.9. The summed E-state index contributed by atoms with van der Waals surface area (Å²) in [5.41, 5.74) is 0. The highest BCUT2D eigenvalue weighted by Crippen LogP contribution is 2.17. The van der Waals surface area contributed by atoms with Gasteiger partial charge in [-0.05, 0) is 18.8 Å². The van der Waals surface area contributed by atoms with Crippen LogP contribution in [0.3, 0.4) is 0 Å². The summed E-state index contributed by atoms with van der Waals surface area (Å²) in [6, 6.07) is -0.00577. The maximum atomic E-state index is 12.4. The number of carbonyl (C=O) groups excluding carboxylic acids is 1. The molecular weight excluding hydrogens is 306 g/mol. The molecule has 1 rings (SSSR count). The average Bonchev–Trinajstić information content (AvgIpc) is 2.55. The van der Waals surface area contributed by atoms with Crippen LogP contribution in [-0.2, 0) is 4.79 Å². The molecule has 0 aliphatic carbocycles. The quantitative estimate of drug-likeness (QED) is 0.633. The van der Waals surface area contributed by atoms with Crippen molar-refractivity contribution in [2.45, 2.75) is 32.7 Å². The van der Waals surface area contributed by atoms with Crippen LogP contribution >= 0.6 is 0 Å². The molecule has 0 spiro atoms. The Labute approximate surface area is 145 Å². The number of carbonyl (C=O) groups is 2. The standard InChI is InChI=1S/C18H31N3O3/c1-5-9-20(10-6-2)16(14(3)4)12-19-18(24)21-11-7-8-15(13-21)17(22)23/h5-6,14-16H,1-2,7-13H2,3-4H3,(H,19,24)(H,22,23). The van der Waals surface area contributed by atoms with E-state index in [0.717, 1.165) is 19.5 Å². The van der Waals surface area contributed by atoms with E-state index in [9.17, 15) is 9.59 Å². The number of rotatable bonds is 9. The van der Waals surface area contributed by atoms with Crippen LogP contribution in [0, 0.1) is 11.8 Å². The molecule has 1 heterocycles. The second-order valence-electron chi connectivity index (χ2n) is 6.65. The molecule has 1 saturated heterocycles. The van der Waals surface area contributed by atoms with E-state index in [1.807, 2.05) is 12.2 Å². The van der Waals surface area contributed by atoms with Gasteiger partial charge in [-0.25, -0.2) is 4.79 Å². The van der Waals surface area contributed by atoms with E-state index in [0.29, 0.717) is 25.4 Å². The summed E-state index contributed by atoms with van der Waals surface area (Å²) in [6.07, 6.45) is 5.07. The Hall–Kier alpha value is -1.82. The van der Waals surface area contributed by atoms with Crippen molar-refractivity contribution in [2.24, 2.45) is 11.8 Å². The first-order valence-corrected chi connectivity index (χ1v) is 8.62. The zero-order chi connectivity index (χ0) is 18.1. The molecule has 6 heteroatoms. The highest BCUT2D eigenvalue weighted by molar-refractivity contribution is 5.76. The molecule has 2 unspecified atom stereocenters. The van der Waals surface area contributed by atoms with Gasteiger partial charge in [0.25, 0.3) is 0 Å². The first-order valence-electron chi connectivity index (χ1n) is 8.62. The number of aliphatic carboxylic acids is 1. The Kier molecular flexibility index (Phi) is 8.54. The predicted molar refractivity (Wildman–Crippen MR) is 95.9 cm³/mol. The second kappa shape index (κ2) is 10.1. The van der Waals surface area contributed by atoms with E-state index in [4.69, 9.17) is 5.11 Å². The topological polar surface area (TPSA) is 72.9 Å². The van der Waals surface area contributed by atoms with E-state index >= 15 is 0 Å². The Morgan fingerprint density at radius 2 is 1.96 bits per heavy atom. The van der Waals surface area contributed by atoms with E-state index in [1.54, 1.807) is 4.90 Å². The maximum Gasteiger partial charge on any atom is 0.317 e. The summed E-state index contributed by atoms with van der Waals surface area (Å²) >= 11 is 0. The van der Waals surface area contributed by atoms with E-state index in [1.165, 1.54) is 0 Å². The number of carboxylic acids is 1. The van der Waals surface area contributed by atoms with Gasteiger partial charge >= 0.3 is 12.0 Å². The average molecular weight is 337 g/mol. The van der Waals surface area contributed by atoms with Crippen LogP contribution in [0.25, 0.3) is 0 Å². The van der Waals surface area contributed by atoms with Gasteiger partial charge < -0.3 is 15.3 Å². The fourth-order valence-corrected chi connectivity index (χ4v) is 3.13. The zero-order valence-electron chi connectivity index (χ0n) is 14.9. The lowest BCUT2D eigenvalue weighted by Gasteiger charge is -2.35. The molecule has 2 amide bonds. The molecule has 0 bridgehead atoms. The summed E-state index contributed by atoms with van der Waals surface area (Å²) in [5.74, 6) is -0.919. The van der Waals surface area contributed by atoms with E-state index in [-0.39, 0.29) is 18.6 Å². The SMILES string of the molecule is C=CCN(CC=C)C(CNC(=O)N1CCCC(C(=O)O)C1)C(C)C. The molecule has 1 aliphatic heterocycles. The number of hydrogen-bond donors (Lipinski definition) is 2. The molecule has 2 N–H and O–H groups in total. The molecule has 0 radical (unpaired) electrons. The number of amides is 2. The lowest BCUT2D eigenvalue weighted by Crippen LogP contribution is -2.52. The van der Waals surface area contributed by atoms with Gasteiger partial charge in [0, 0.05) is 38.8 Å². The Morgan fingerprint density at radius 3 is 2.46 bits per heavy atom. The normalized spacial score (nSPS) is 19.2. The summed E-state index contributed by atoms with van der Waals surface area (Å²) < 4.78 is 0. The first-order chi connectivity index (χ1) is 11.4. The summed E-state index contributed by atoms with van der Waals surface area (Å²) in [4.78, 5) is 27.4. The number of likely N-dealkylation sites (tertiary alicyclic amines) is 1. The van der Waals surface area contributed by atoms with Gasteiger partial charge in [-0.2, -0.15) is 0 Å².